The van der Waals surface area contributed by atoms with Crippen molar-refractivity contribution >= 4 is 0 Å². The molecule has 0 radical (unpaired) electrons. The highest BCUT2D eigenvalue weighted by atomic mass is 19.1. The Hall–Kier alpha value is -1.47. The van der Waals surface area contributed by atoms with Gasteiger partial charge < -0.3 is 5.73 Å². The second-order valence-corrected chi connectivity index (χ2v) is 2.35. The van der Waals surface area contributed by atoms with Crippen molar-refractivity contribution in [3.63, 3.8) is 0 Å². The predicted octanol–water partition coefficient (Wildman–Crippen LogP) is 1.13. The van der Waals surface area contributed by atoms with Gasteiger partial charge in [0.2, 0.25) is 5.95 Å². The summed E-state index contributed by atoms with van der Waals surface area (Å²) in [5.74, 6) is -0.569. The second-order valence-electron chi connectivity index (χ2n) is 2.35. The minimum atomic E-state index is -0.569. The monoisotopic (exact) mass is 165 g/mol. The standard InChI is InChI=1S/C8H8FN3/c9-8-3-1-2-7(12-8)6(11)4-5-10/h1-3,6H,4,11H2/t6-/m0/s1. The van der Waals surface area contributed by atoms with Crippen LogP contribution in [0.25, 0.3) is 0 Å². The summed E-state index contributed by atoms with van der Waals surface area (Å²) in [4.78, 5) is 3.55. The lowest BCUT2D eigenvalue weighted by Crippen LogP contribution is -2.11. The van der Waals surface area contributed by atoms with Crippen LogP contribution in [0, 0.1) is 17.3 Å². The molecule has 0 fully saturated rings. The van der Waals surface area contributed by atoms with Gasteiger partial charge in [0.1, 0.15) is 0 Å². The van der Waals surface area contributed by atoms with Gasteiger partial charge in [-0.2, -0.15) is 9.65 Å². The van der Waals surface area contributed by atoms with Crippen molar-refractivity contribution in [2.45, 2.75) is 12.5 Å². The van der Waals surface area contributed by atoms with Gasteiger partial charge in [0.05, 0.1) is 24.2 Å². The molecule has 1 aromatic heterocycles. The van der Waals surface area contributed by atoms with E-state index < -0.39 is 12.0 Å². The van der Waals surface area contributed by atoms with Crippen LogP contribution in [0.1, 0.15) is 18.2 Å². The van der Waals surface area contributed by atoms with Crippen LogP contribution in [0.5, 0.6) is 0 Å². The van der Waals surface area contributed by atoms with E-state index in [0.717, 1.165) is 0 Å². The number of hydrogen-bond donors (Lipinski definition) is 1. The van der Waals surface area contributed by atoms with Crippen LogP contribution < -0.4 is 5.73 Å². The van der Waals surface area contributed by atoms with Gasteiger partial charge in [-0.3, -0.25) is 0 Å². The van der Waals surface area contributed by atoms with Gasteiger partial charge >= 0.3 is 0 Å². The zero-order valence-electron chi connectivity index (χ0n) is 6.37. The van der Waals surface area contributed by atoms with E-state index in [9.17, 15) is 4.39 Å². The van der Waals surface area contributed by atoms with Gasteiger partial charge in [0.15, 0.2) is 0 Å². The summed E-state index contributed by atoms with van der Waals surface area (Å²) in [5, 5.41) is 8.32. The molecule has 0 aromatic carbocycles. The molecule has 0 saturated heterocycles. The maximum atomic E-state index is 12.5. The Morgan fingerprint density at radius 3 is 3.00 bits per heavy atom. The van der Waals surface area contributed by atoms with E-state index in [0.29, 0.717) is 5.69 Å². The first kappa shape index (κ1) is 8.62. The quantitative estimate of drug-likeness (QED) is 0.668. The molecule has 2 N–H and O–H groups in total. The Morgan fingerprint density at radius 1 is 1.67 bits per heavy atom. The van der Waals surface area contributed by atoms with E-state index in [4.69, 9.17) is 11.0 Å². The number of aromatic nitrogens is 1. The molecule has 1 aromatic rings. The van der Waals surface area contributed by atoms with Crippen molar-refractivity contribution in [3.8, 4) is 6.07 Å². The maximum Gasteiger partial charge on any atom is 0.213 e. The number of rotatable bonds is 2. The van der Waals surface area contributed by atoms with Crippen LogP contribution in [0.2, 0.25) is 0 Å². The van der Waals surface area contributed by atoms with Crippen molar-refractivity contribution in [2.75, 3.05) is 0 Å². The van der Waals surface area contributed by atoms with Gasteiger partial charge in [0, 0.05) is 0 Å². The number of nitrogens with two attached hydrogens (primary N) is 1. The van der Waals surface area contributed by atoms with Gasteiger partial charge in [-0.05, 0) is 12.1 Å². The summed E-state index contributed by atoms with van der Waals surface area (Å²) >= 11 is 0. The zero-order chi connectivity index (χ0) is 8.97. The summed E-state index contributed by atoms with van der Waals surface area (Å²) in [6, 6.07) is 5.77. The number of hydrogen-bond acceptors (Lipinski definition) is 3. The fraction of sp³-hybridized carbons (Fsp3) is 0.250. The van der Waals surface area contributed by atoms with Crippen LogP contribution >= 0.6 is 0 Å². The Morgan fingerprint density at radius 2 is 2.42 bits per heavy atom. The average molecular weight is 165 g/mol. The molecule has 0 aliphatic carbocycles. The number of pyridine rings is 1. The minimum Gasteiger partial charge on any atom is -0.322 e. The Balaban J connectivity index is 2.82. The molecule has 1 atom stereocenters. The van der Waals surface area contributed by atoms with Crippen molar-refractivity contribution in [1.82, 2.24) is 4.98 Å². The van der Waals surface area contributed by atoms with E-state index >= 15 is 0 Å². The lowest BCUT2D eigenvalue weighted by Gasteiger charge is -2.05. The lowest BCUT2D eigenvalue weighted by molar-refractivity contribution is 0.565. The molecule has 1 heterocycles. The van der Waals surface area contributed by atoms with Crippen LogP contribution in [0.3, 0.4) is 0 Å². The van der Waals surface area contributed by atoms with Gasteiger partial charge in [-0.1, -0.05) is 6.07 Å². The summed E-state index contributed by atoms with van der Waals surface area (Å²) in [7, 11) is 0. The van der Waals surface area contributed by atoms with E-state index in [1.807, 2.05) is 6.07 Å². The number of nitrogens with zero attached hydrogens (tertiary/aromatic N) is 2. The van der Waals surface area contributed by atoms with Gasteiger partial charge in [0.25, 0.3) is 0 Å². The highest BCUT2D eigenvalue weighted by Crippen LogP contribution is 2.10. The summed E-state index contributed by atoms with van der Waals surface area (Å²) < 4.78 is 12.5. The first-order chi connectivity index (χ1) is 5.74. The third-order valence-electron chi connectivity index (χ3n) is 1.43. The molecule has 0 unspecified atom stereocenters. The minimum absolute atomic E-state index is 0.149. The van der Waals surface area contributed by atoms with E-state index in [1.54, 1.807) is 6.07 Å². The predicted molar refractivity (Wildman–Crippen MR) is 41.4 cm³/mol. The molecule has 0 saturated carbocycles. The third kappa shape index (κ3) is 2.01. The first-order valence-corrected chi connectivity index (χ1v) is 3.49. The van der Waals surface area contributed by atoms with E-state index in [-0.39, 0.29) is 6.42 Å². The Bertz CT molecular complexity index is 305. The molecule has 0 aliphatic heterocycles. The van der Waals surface area contributed by atoms with Crippen LogP contribution in [-0.4, -0.2) is 4.98 Å². The normalized spacial score (nSPS) is 12.1. The largest absolute Gasteiger partial charge is 0.322 e. The van der Waals surface area contributed by atoms with Crippen LogP contribution in [0.15, 0.2) is 18.2 Å². The highest BCUT2D eigenvalue weighted by molar-refractivity contribution is 5.10. The number of halogens is 1. The topological polar surface area (TPSA) is 62.7 Å². The molecule has 62 valence electrons. The van der Waals surface area contributed by atoms with E-state index in [1.165, 1.54) is 12.1 Å². The molecule has 12 heavy (non-hydrogen) atoms. The molecule has 0 aliphatic rings. The molecule has 0 spiro atoms. The third-order valence-corrected chi connectivity index (χ3v) is 1.43. The molecule has 1 rings (SSSR count). The second kappa shape index (κ2) is 3.79. The summed E-state index contributed by atoms with van der Waals surface area (Å²) in [6.07, 6.45) is 0.149. The SMILES string of the molecule is N#CC[C@H](N)c1cccc(F)n1. The average Bonchev–Trinajstić information content (AvgIpc) is 2.05. The fourth-order valence-electron chi connectivity index (χ4n) is 0.833. The first-order valence-electron chi connectivity index (χ1n) is 3.49. The zero-order valence-corrected chi connectivity index (χ0v) is 6.37. The maximum absolute atomic E-state index is 12.5. The van der Waals surface area contributed by atoms with Crippen LogP contribution in [0.4, 0.5) is 4.39 Å². The molecule has 0 amide bonds. The van der Waals surface area contributed by atoms with Crippen molar-refractivity contribution in [2.24, 2.45) is 5.73 Å². The molecular weight excluding hydrogens is 157 g/mol. The van der Waals surface area contributed by atoms with Crippen LogP contribution in [-0.2, 0) is 0 Å². The molecule has 0 bridgehead atoms. The summed E-state index contributed by atoms with van der Waals surface area (Å²) in [6.45, 7) is 0. The molecule has 3 nitrogen and oxygen atoms in total. The lowest BCUT2D eigenvalue weighted by atomic mass is 10.1. The van der Waals surface area contributed by atoms with Gasteiger partial charge in [-0.15, -0.1) is 0 Å². The molecule has 4 heteroatoms. The van der Waals surface area contributed by atoms with Crippen molar-refractivity contribution < 1.29 is 4.39 Å². The van der Waals surface area contributed by atoms with Gasteiger partial charge in [-0.25, -0.2) is 4.98 Å². The highest BCUT2D eigenvalue weighted by Gasteiger charge is 2.06. The smallest absolute Gasteiger partial charge is 0.213 e. The fourth-order valence-corrected chi connectivity index (χ4v) is 0.833. The van der Waals surface area contributed by atoms with Crippen molar-refractivity contribution in [3.05, 3.63) is 29.8 Å². The summed E-state index contributed by atoms with van der Waals surface area (Å²) in [5.41, 5.74) is 5.94. The van der Waals surface area contributed by atoms with Crippen molar-refractivity contribution in [1.29, 1.82) is 5.26 Å². The van der Waals surface area contributed by atoms with E-state index in [2.05, 4.69) is 4.98 Å². The number of nitriles is 1. The Kier molecular flexibility index (Phi) is 2.72. The Labute approximate surface area is 69.6 Å². The molecular formula is C8H8FN3.